The summed E-state index contributed by atoms with van der Waals surface area (Å²) in [5.74, 6) is 0.0413. The lowest BCUT2D eigenvalue weighted by atomic mass is 10.1. The van der Waals surface area contributed by atoms with Gasteiger partial charge in [0.25, 0.3) is 5.91 Å². The number of amides is 1. The van der Waals surface area contributed by atoms with Gasteiger partial charge in [0.15, 0.2) is 6.61 Å². The van der Waals surface area contributed by atoms with Crippen LogP contribution in [-0.4, -0.2) is 18.2 Å². The van der Waals surface area contributed by atoms with Crippen molar-refractivity contribution in [3.63, 3.8) is 0 Å². The van der Waals surface area contributed by atoms with Crippen LogP contribution in [0.15, 0.2) is 53.6 Å². The quantitative estimate of drug-likeness (QED) is 0.629. The molecule has 1 amide bonds. The first kappa shape index (κ1) is 17.3. The fraction of sp³-hybridized carbons (Fsp3) is 0.176. The van der Waals surface area contributed by atoms with Crippen molar-refractivity contribution in [2.24, 2.45) is 5.10 Å². The van der Waals surface area contributed by atoms with Gasteiger partial charge in [0.2, 0.25) is 0 Å². The maximum absolute atomic E-state index is 11.7. The maximum Gasteiger partial charge on any atom is 0.277 e. The number of nitrogens with zero attached hydrogens (tertiary/aromatic N) is 1. The molecular weight excluding hydrogens is 335 g/mol. The lowest BCUT2D eigenvalue weighted by molar-refractivity contribution is -0.123. The number of carbonyl (C=O) groups excluding carboxylic acids is 1. The molecule has 0 saturated heterocycles. The highest BCUT2D eigenvalue weighted by Gasteiger charge is 2.06. The van der Waals surface area contributed by atoms with Gasteiger partial charge in [0.05, 0.1) is 5.02 Å². The van der Waals surface area contributed by atoms with Crippen LogP contribution >= 0.6 is 23.2 Å². The predicted octanol–water partition coefficient (Wildman–Crippen LogP) is 4.11. The zero-order valence-electron chi connectivity index (χ0n) is 12.6. The van der Waals surface area contributed by atoms with Crippen molar-refractivity contribution in [3.8, 4) is 5.75 Å². The summed E-state index contributed by atoms with van der Waals surface area (Å²) < 4.78 is 5.33. The van der Waals surface area contributed by atoms with Gasteiger partial charge in [-0.25, -0.2) is 5.43 Å². The van der Waals surface area contributed by atoms with Crippen molar-refractivity contribution in [2.75, 3.05) is 6.61 Å². The Hall–Kier alpha value is -2.04. The first-order chi connectivity index (χ1) is 11.0. The van der Waals surface area contributed by atoms with Crippen LogP contribution in [0.5, 0.6) is 5.75 Å². The highest BCUT2D eigenvalue weighted by molar-refractivity contribution is 6.35. The summed E-state index contributed by atoms with van der Waals surface area (Å²) >= 11 is 11.8. The fourth-order valence-corrected chi connectivity index (χ4v) is 2.32. The van der Waals surface area contributed by atoms with Crippen molar-refractivity contribution in [1.82, 2.24) is 5.43 Å². The first-order valence-corrected chi connectivity index (χ1v) is 7.74. The molecular formula is C17H16Cl2N2O2. The van der Waals surface area contributed by atoms with Crippen molar-refractivity contribution >= 4 is 34.8 Å². The van der Waals surface area contributed by atoms with Gasteiger partial charge in [-0.15, -0.1) is 0 Å². The van der Waals surface area contributed by atoms with Gasteiger partial charge in [-0.2, -0.15) is 5.10 Å². The molecule has 2 aromatic carbocycles. The minimum absolute atomic E-state index is 0.177. The van der Waals surface area contributed by atoms with Crippen molar-refractivity contribution in [1.29, 1.82) is 0 Å². The maximum atomic E-state index is 11.7. The smallest absolute Gasteiger partial charge is 0.277 e. The van der Waals surface area contributed by atoms with Crippen LogP contribution < -0.4 is 10.2 Å². The fourth-order valence-electron chi connectivity index (χ4n) is 1.86. The molecule has 1 N–H and O–H groups in total. The van der Waals surface area contributed by atoms with Gasteiger partial charge in [0, 0.05) is 17.2 Å². The highest BCUT2D eigenvalue weighted by Crippen LogP contribution is 2.27. The van der Waals surface area contributed by atoms with Crippen molar-refractivity contribution < 1.29 is 9.53 Å². The lowest BCUT2D eigenvalue weighted by Crippen LogP contribution is -2.25. The molecule has 0 fully saturated rings. The number of rotatable bonds is 6. The summed E-state index contributed by atoms with van der Waals surface area (Å²) in [6.07, 6.45) is 0.672. The van der Waals surface area contributed by atoms with Gasteiger partial charge in [-0.3, -0.25) is 4.79 Å². The third-order valence-electron chi connectivity index (χ3n) is 2.93. The molecule has 2 aromatic rings. The summed E-state index contributed by atoms with van der Waals surface area (Å²) in [7, 11) is 0. The van der Waals surface area contributed by atoms with Crippen LogP contribution in [-0.2, 0) is 11.2 Å². The van der Waals surface area contributed by atoms with E-state index >= 15 is 0 Å². The Morgan fingerprint density at radius 2 is 1.91 bits per heavy atom. The molecule has 0 atom stereocenters. The van der Waals surface area contributed by atoms with E-state index < -0.39 is 0 Å². The van der Waals surface area contributed by atoms with Gasteiger partial charge >= 0.3 is 0 Å². The van der Waals surface area contributed by atoms with Crippen molar-refractivity contribution in [3.05, 3.63) is 64.1 Å². The standard InChI is InChI=1S/C17H16Cl2N2O2/c1-12(9-13-5-3-2-4-6-13)20-21-17(22)11-23-16-8-7-14(18)10-15(16)19/h2-8,10H,9,11H2,1H3,(H,21,22). The van der Waals surface area contributed by atoms with E-state index in [1.165, 1.54) is 0 Å². The minimum atomic E-state index is -0.358. The molecule has 0 radical (unpaired) electrons. The predicted molar refractivity (Wildman–Crippen MR) is 93.4 cm³/mol. The Morgan fingerprint density at radius 3 is 2.61 bits per heavy atom. The molecule has 4 nitrogen and oxygen atoms in total. The van der Waals surface area contributed by atoms with Crippen LogP contribution in [0, 0.1) is 0 Å². The number of nitrogens with one attached hydrogen (secondary N) is 1. The van der Waals surface area contributed by atoms with E-state index in [1.54, 1.807) is 18.2 Å². The summed E-state index contributed by atoms with van der Waals surface area (Å²) in [6, 6.07) is 14.7. The van der Waals surface area contributed by atoms with E-state index in [1.807, 2.05) is 37.3 Å². The molecule has 0 aliphatic rings. The third-order valence-corrected chi connectivity index (χ3v) is 3.46. The molecule has 0 heterocycles. The number of halogens is 2. The molecule has 6 heteroatoms. The molecule has 120 valence electrons. The third kappa shape index (κ3) is 5.93. The van der Waals surface area contributed by atoms with Crippen LogP contribution in [0.25, 0.3) is 0 Å². The Morgan fingerprint density at radius 1 is 1.17 bits per heavy atom. The molecule has 2 rings (SSSR count). The second kappa shape index (κ2) is 8.56. The molecule has 0 bridgehead atoms. The van der Waals surface area contributed by atoms with Gasteiger partial charge in [-0.1, -0.05) is 53.5 Å². The molecule has 0 aliphatic heterocycles. The normalized spacial score (nSPS) is 11.2. The average Bonchev–Trinajstić information content (AvgIpc) is 2.53. The number of benzene rings is 2. The second-order valence-corrected chi connectivity index (χ2v) is 5.75. The molecule has 0 aromatic heterocycles. The van der Waals surface area contributed by atoms with Crippen LogP contribution in [0.2, 0.25) is 10.0 Å². The van der Waals surface area contributed by atoms with Crippen LogP contribution in [0.3, 0.4) is 0 Å². The highest BCUT2D eigenvalue weighted by atomic mass is 35.5. The Labute approximate surface area is 145 Å². The zero-order valence-corrected chi connectivity index (χ0v) is 14.1. The lowest BCUT2D eigenvalue weighted by Gasteiger charge is -2.07. The van der Waals surface area contributed by atoms with Crippen LogP contribution in [0.1, 0.15) is 12.5 Å². The van der Waals surface area contributed by atoms with Crippen LogP contribution in [0.4, 0.5) is 0 Å². The Kier molecular flexibility index (Phi) is 6.44. The molecule has 0 spiro atoms. The Balaban J connectivity index is 1.81. The van der Waals surface area contributed by atoms with Gasteiger partial charge in [0.1, 0.15) is 5.75 Å². The number of hydrazone groups is 1. The van der Waals surface area contributed by atoms with E-state index in [9.17, 15) is 4.79 Å². The van der Waals surface area contributed by atoms with E-state index in [0.29, 0.717) is 22.2 Å². The summed E-state index contributed by atoms with van der Waals surface area (Å²) in [6.45, 7) is 1.67. The largest absolute Gasteiger partial charge is 0.482 e. The summed E-state index contributed by atoms with van der Waals surface area (Å²) in [5, 5.41) is 4.91. The molecule has 0 aliphatic carbocycles. The molecule has 0 saturated carbocycles. The molecule has 0 unspecified atom stereocenters. The van der Waals surface area contributed by atoms with Gasteiger partial charge < -0.3 is 4.74 Å². The summed E-state index contributed by atoms with van der Waals surface area (Å²) in [4.78, 5) is 11.7. The summed E-state index contributed by atoms with van der Waals surface area (Å²) in [5.41, 5.74) is 4.39. The number of ether oxygens (including phenoxy) is 1. The SMILES string of the molecule is CC(Cc1ccccc1)=NNC(=O)COc1ccc(Cl)cc1Cl. The monoisotopic (exact) mass is 350 g/mol. The van der Waals surface area contributed by atoms with E-state index in [0.717, 1.165) is 11.3 Å². The number of hydrogen-bond acceptors (Lipinski definition) is 3. The minimum Gasteiger partial charge on any atom is -0.482 e. The molecule has 23 heavy (non-hydrogen) atoms. The van der Waals surface area contributed by atoms with E-state index in [4.69, 9.17) is 27.9 Å². The average molecular weight is 351 g/mol. The first-order valence-electron chi connectivity index (χ1n) is 6.98. The topological polar surface area (TPSA) is 50.7 Å². The number of hydrogen-bond donors (Lipinski definition) is 1. The van der Waals surface area contributed by atoms with Crippen molar-refractivity contribution in [2.45, 2.75) is 13.3 Å². The number of carbonyl (C=O) groups is 1. The van der Waals surface area contributed by atoms with E-state index in [-0.39, 0.29) is 12.5 Å². The van der Waals surface area contributed by atoms with E-state index in [2.05, 4.69) is 10.5 Å². The Bertz CT molecular complexity index is 703. The zero-order chi connectivity index (χ0) is 16.7. The second-order valence-electron chi connectivity index (χ2n) is 4.91. The van der Waals surface area contributed by atoms with Gasteiger partial charge in [-0.05, 0) is 30.7 Å².